The normalized spacial score (nSPS) is 15.9. The van der Waals surface area contributed by atoms with Crippen LogP contribution in [0.15, 0.2) is 36.4 Å². The Labute approximate surface area is 159 Å². The summed E-state index contributed by atoms with van der Waals surface area (Å²) in [6, 6.07) is 13.5. The Morgan fingerprint density at radius 2 is 1.85 bits per heavy atom. The zero-order valence-corrected chi connectivity index (χ0v) is 16.8. The number of aryl methyl sites for hydroxylation is 1. The molecule has 1 saturated heterocycles. The summed E-state index contributed by atoms with van der Waals surface area (Å²) in [4.78, 5) is 5.08. The molecule has 0 aromatic heterocycles. The lowest BCUT2D eigenvalue weighted by molar-refractivity contribution is 0.294. The van der Waals surface area contributed by atoms with Crippen molar-refractivity contribution < 1.29 is 0 Å². The van der Waals surface area contributed by atoms with Gasteiger partial charge in [-0.2, -0.15) is 0 Å². The van der Waals surface area contributed by atoms with Crippen molar-refractivity contribution in [2.75, 3.05) is 50.7 Å². The van der Waals surface area contributed by atoms with Gasteiger partial charge < -0.3 is 15.1 Å². The van der Waals surface area contributed by atoms with Crippen LogP contribution < -0.4 is 10.2 Å². The topological polar surface area (TPSA) is 18.5 Å². The second kappa shape index (κ2) is 9.38. The number of benzene rings is 2. The van der Waals surface area contributed by atoms with Crippen molar-refractivity contribution in [1.29, 1.82) is 0 Å². The molecule has 1 N–H and O–H groups in total. The smallest absolute Gasteiger partial charge is 0.0445 e. The van der Waals surface area contributed by atoms with E-state index in [1.54, 1.807) is 0 Å². The van der Waals surface area contributed by atoms with Crippen molar-refractivity contribution in [3.05, 3.63) is 42.0 Å². The molecule has 1 fully saturated rings. The van der Waals surface area contributed by atoms with Crippen molar-refractivity contribution in [1.82, 2.24) is 10.2 Å². The fourth-order valence-corrected chi connectivity index (χ4v) is 4.11. The summed E-state index contributed by atoms with van der Waals surface area (Å²) in [6.45, 7) is 14.8. The lowest BCUT2D eigenvalue weighted by atomic mass is 9.95. The number of nitrogens with zero attached hydrogens (tertiary/aromatic N) is 2. The molecular weight excluding hydrogens is 318 g/mol. The van der Waals surface area contributed by atoms with E-state index < -0.39 is 0 Å². The van der Waals surface area contributed by atoms with Crippen LogP contribution in [-0.2, 0) is 0 Å². The van der Waals surface area contributed by atoms with Crippen molar-refractivity contribution in [2.24, 2.45) is 5.92 Å². The SMILES string of the molecule is CCN(CC)CCNCC1CCN(c2cccc3ccc(C)cc23)CC1. The Kier molecular flexibility index (Phi) is 6.93. The fraction of sp³-hybridized carbons (Fsp3) is 0.565. The number of nitrogens with one attached hydrogen (secondary N) is 1. The van der Waals surface area contributed by atoms with E-state index in [0.717, 1.165) is 25.6 Å². The zero-order valence-electron chi connectivity index (χ0n) is 16.8. The summed E-state index contributed by atoms with van der Waals surface area (Å²) >= 11 is 0. The first-order valence-corrected chi connectivity index (χ1v) is 10.4. The van der Waals surface area contributed by atoms with Crippen molar-refractivity contribution in [2.45, 2.75) is 33.6 Å². The summed E-state index contributed by atoms with van der Waals surface area (Å²) in [7, 11) is 0. The minimum Gasteiger partial charge on any atom is -0.371 e. The van der Waals surface area contributed by atoms with Gasteiger partial charge in [0.05, 0.1) is 0 Å². The number of piperidine rings is 1. The molecule has 0 radical (unpaired) electrons. The summed E-state index contributed by atoms with van der Waals surface area (Å²) < 4.78 is 0. The molecule has 3 nitrogen and oxygen atoms in total. The third-order valence-corrected chi connectivity index (χ3v) is 5.90. The highest BCUT2D eigenvalue weighted by molar-refractivity contribution is 5.94. The second-order valence-electron chi connectivity index (χ2n) is 7.66. The van der Waals surface area contributed by atoms with Gasteiger partial charge in [-0.1, -0.05) is 43.7 Å². The Bertz CT molecular complexity index is 685. The van der Waals surface area contributed by atoms with Crippen LogP contribution in [0, 0.1) is 12.8 Å². The first kappa shape index (κ1) is 19.2. The van der Waals surface area contributed by atoms with Crippen LogP contribution in [0.5, 0.6) is 0 Å². The average molecular weight is 354 g/mol. The molecule has 0 unspecified atom stereocenters. The quantitative estimate of drug-likeness (QED) is 0.714. The maximum atomic E-state index is 3.69. The van der Waals surface area contributed by atoms with Crippen LogP contribution in [0.3, 0.4) is 0 Å². The van der Waals surface area contributed by atoms with E-state index in [0.29, 0.717) is 0 Å². The highest BCUT2D eigenvalue weighted by Gasteiger charge is 2.20. The molecule has 0 aliphatic carbocycles. The van der Waals surface area contributed by atoms with Crippen LogP contribution in [0.25, 0.3) is 10.8 Å². The Morgan fingerprint density at radius 1 is 1.08 bits per heavy atom. The van der Waals surface area contributed by atoms with Crippen molar-refractivity contribution >= 4 is 16.5 Å². The summed E-state index contributed by atoms with van der Waals surface area (Å²) in [5.74, 6) is 0.819. The summed E-state index contributed by atoms with van der Waals surface area (Å²) in [5, 5.41) is 6.45. The Hall–Kier alpha value is -1.58. The number of fused-ring (bicyclic) bond motifs is 1. The molecule has 2 aromatic carbocycles. The third kappa shape index (κ3) is 4.77. The van der Waals surface area contributed by atoms with E-state index >= 15 is 0 Å². The van der Waals surface area contributed by atoms with Gasteiger partial charge in [-0.15, -0.1) is 0 Å². The first-order chi connectivity index (χ1) is 12.7. The van der Waals surface area contributed by atoms with Gasteiger partial charge in [0.1, 0.15) is 0 Å². The monoisotopic (exact) mass is 353 g/mol. The molecule has 0 spiro atoms. The third-order valence-electron chi connectivity index (χ3n) is 5.90. The maximum Gasteiger partial charge on any atom is 0.0445 e. The highest BCUT2D eigenvalue weighted by atomic mass is 15.1. The van der Waals surface area contributed by atoms with Gasteiger partial charge in [0.2, 0.25) is 0 Å². The average Bonchev–Trinajstić information content (AvgIpc) is 2.68. The zero-order chi connectivity index (χ0) is 18.4. The van der Waals surface area contributed by atoms with E-state index in [1.807, 2.05) is 0 Å². The molecule has 1 aliphatic rings. The number of anilines is 1. The van der Waals surface area contributed by atoms with Crippen LogP contribution in [0.1, 0.15) is 32.3 Å². The van der Waals surface area contributed by atoms with Crippen molar-refractivity contribution in [3.63, 3.8) is 0 Å². The molecule has 3 rings (SSSR count). The lowest BCUT2D eigenvalue weighted by Crippen LogP contribution is -2.39. The molecule has 3 heteroatoms. The van der Waals surface area contributed by atoms with Crippen LogP contribution in [0.4, 0.5) is 5.69 Å². The Balaban J connectivity index is 1.51. The van der Waals surface area contributed by atoms with Crippen LogP contribution in [0.2, 0.25) is 0 Å². The standard InChI is InChI=1S/C23H35N3/c1-4-25(5-2)16-13-24-18-20-11-14-26(15-12-20)23-8-6-7-21-10-9-19(3)17-22(21)23/h6-10,17,20,24H,4-5,11-16,18H2,1-3H3. The van der Waals surface area contributed by atoms with E-state index in [9.17, 15) is 0 Å². The fourth-order valence-electron chi connectivity index (χ4n) is 4.11. The molecule has 1 heterocycles. The molecule has 0 atom stereocenters. The van der Waals surface area contributed by atoms with E-state index in [2.05, 4.69) is 72.3 Å². The van der Waals surface area contributed by atoms with Gasteiger partial charge >= 0.3 is 0 Å². The Morgan fingerprint density at radius 3 is 2.58 bits per heavy atom. The number of rotatable bonds is 8. The van der Waals surface area contributed by atoms with Crippen molar-refractivity contribution in [3.8, 4) is 0 Å². The molecule has 2 aromatic rings. The lowest BCUT2D eigenvalue weighted by Gasteiger charge is -2.34. The van der Waals surface area contributed by atoms with E-state index in [1.165, 1.54) is 61.0 Å². The van der Waals surface area contributed by atoms with Crippen LogP contribution in [-0.4, -0.2) is 50.7 Å². The largest absolute Gasteiger partial charge is 0.371 e. The number of likely N-dealkylation sites (N-methyl/N-ethyl adjacent to an activating group) is 1. The molecule has 0 amide bonds. The maximum absolute atomic E-state index is 3.69. The predicted octanol–water partition coefficient (Wildman–Crippen LogP) is 4.30. The van der Waals surface area contributed by atoms with Crippen LogP contribution >= 0.6 is 0 Å². The number of hydrogen-bond acceptors (Lipinski definition) is 3. The van der Waals surface area contributed by atoms with Gasteiger partial charge in [-0.3, -0.25) is 0 Å². The van der Waals surface area contributed by atoms with E-state index in [4.69, 9.17) is 0 Å². The van der Waals surface area contributed by atoms with E-state index in [-0.39, 0.29) is 0 Å². The van der Waals surface area contributed by atoms with Gasteiger partial charge in [-0.25, -0.2) is 0 Å². The van der Waals surface area contributed by atoms with Gasteiger partial charge in [0.15, 0.2) is 0 Å². The molecular formula is C23H35N3. The predicted molar refractivity (Wildman–Crippen MR) is 114 cm³/mol. The molecule has 26 heavy (non-hydrogen) atoms. The number of hydrogen-bond donors (Lipinski definition) is 1. The van der Waals surface area contributed by atoms with Gasteiger partial charge in [-0.05, 0) is 62.8 Å². The summed E-state index contributed by atoms with van der Waals surface area (Å²) in [6.07, 6.45) is 2.58. The molecule has 0 saturated carbocycles. The second-order valence-corrected chi connectivity index (χ2v) is 7.66. The van der Waals surface area contributed by atoms with Gasteiger partial charge in [0.25, 0.3) is 0 Å². The molecule has 142 valence electrons. The first-order valence-electron chi connectivity index (χ1n) is 10.4. The highest BCUT2D eigenvalue weighted by Crippen LogP contribution is 2.30. The minimum atomic E-state index is 0.819. The van der Waals surface area contributed by atoms with Gasteiger partial charge in [0, 0.05) is 37.3 Å². The summed E-state index contributed by atoms with van der Waals surface area (Å²) in [5.41, 5.74) is 2.76. The minimum absolute atomic E-state index is 0.819. The molecule has 0 bridgehead atoms. The molecule has 1 aliphatic heterocycles.